The zero-order valence-corrected chi connectivity index (χ0v) is 30.4. The molecule has 10 heteroatoms. The Morgan fingerprint density at radius 2 is 1.71 bits per heavy atom. The number of hydrogen-bond donors (Lipinski definition) is 1. The third-order valence-electron chi connectivity index (χ3n) is 10.7. The minimum absolute atomic E-state index is 0.0535. The molecular formula is C35H65N3O7. The minimum atomic E-state index is -1.40. The zero-order chi connectivity index (χ0) is 33.9. The van der Waals surface area contributed by atoms with E-state index in [0.717, 1.165) is 39.0 Å². The highest BCUT2D eigenvalue weighted by molar-refractivity contribution is 6.04. The summed E-state index contributed by atoms with van der Waals surface area (Å²) in [5.41, 5.74) is -2.30. The van der Waals surface area contributed by atoms with Gasteiger partial charge in [0.2, 0.25) is 0 Å². The molecule has 3 aliphatic heterocycles. The number of aliphatic hydroxyl groups excluding tert-OH is 1. The molecule has 9 atom stereocenters. The van der Waals surface area contributed by atoms with Gasteiger partial charge in [0.15, 0.2) is 12.1 Å². The number of rotatable bonds is 7. The second kappa shape index (κ2) is 15.8. The van der Waals surface area contributed by atoms with Crippen LogP contribution in [-0.2, 0) is 28.5 Å². The van der Waals surface area contributed by atoms with Crippen molar-refractivity contribution in [2.45, 2.75) is 123 Å². The van der Waals surface area contributed by atoms with Gasteiger partial charge in [-0.2, -0.15) is 0 Å². The van der Waals surface area contributed by atoms with Gasteiger partial charge in [0.05, 0.1) is 17.8 Å². The molecule has 3 rings (SSSR count). The van der Waals surface area contributed by atoms with Crippen LogP contribution in [0.4, 0.5) is 0 Å². The zero-order valence-electron chi connectivity index (χ0n) is 30.4. The first-order valence-corrected chi connectivity index (χ1v) is 17.3. The number of likely N-dealkylation sites (tertiary alicyclic amines) is 1. The van der Waals surface area contributed by atoms with Gasteiger partial charge in [-0.15, -0.1) is 0 Å². The number of ether oxygens (including phenoxy) is 4. The molecule has 45 heavy (non-hydrogen) atoms. The van der Waals surface area contributed by atoms with Gasteiger partial charge >= 0.3 is 5.97 Å². The van der Waals surface area contributed by atoms with E-state index in [-0.39, 0.29) is 36.5 Å². The molecule has 1 N–H and O–H groups in total. The number of cyclic esters (lactones) is 1. The summed E-state index contributed by atoms with van der Waals surface area (Å²) in [6, 6.07) is -0.112. The maximum atomic E-state index is 14.2. The Bertz CT molecular complexity index is 969. The number of Topliss-reactive ketones (excluding diaryl/α,β-unsaturated/α-hetero) is 1. The molecule has 0 radical (unpaired) electrons. The second-order valence-corrected chi connectivity index (χ2v) is 15.9. The molecule has 3 fully saturated rings. The predicted molar refractivity (Wildman–Crippen MR) is 176 cm³/mol. The van der Waals surface area contributed by atoms with Crippen LogP contribution in [0.2, 0.25) is 0 Å². The van der Waals surface area contributed by atoms with Crippen LogP contribution in [0.1, 0.15) is 81.1 Å². The lowest BCUT2D eigenvalue weighted by molar-refractivity contribution is -0.295. The third-order valence-corrected chi connectivity index (χ3v) is 10.7. The molecule has 0 aromatic carbocycles. The molecule has 262 valence electrons. The number of hydrogen-bond acceptors (Lipinski definition) is 10. The number of carbonyl (C=O) groups excluding carboxylic acids is 2. The summed E-state index contributed by atoms with van der Waals surface area (Å²) in [7, 11) is 7.64. The maximum Gasteiger partial charge on any atom is 0.319 e. The SMILES string of the molecule is CO[C@]1(C)C[C@@H](C)CN(C)[C@H](C2CCN(CC(C)C)CC2)COC(=O)C(C)(C)C(=O)[C@H](C)[C@H]1O[C@@H]1O[C@H](C)C[C@H](N(C)C)[C@H]1O. The fourth-order valence-corrected chi connectivity index (χ4v) is 8.10. The van der Waals surface area contributed by atoms with Crippen LogP contribution < -0.4 is 0 Å². The van der Waals surface area contributed by atoms with Crippen LogP contribution in [0.15, 0.2) is 0 Å². The Hall–Kier alpha value is -1.14. The van der Waals surface area contributed by atoms with Crippen molar-refractivity contribution >= 4 is 11.8 Å². The van der Waals surface area contributed by atoms with Crippen molar-refractivity contribution in [1.82, 2.24) is 14.7 Å². The van der Waals surface area contributed by atoms with E-state index in [4.69, 9.17) is 18.9 Å². The number of methoxy groups -OCH3 is 1. The lowest BCUT2D eigenvalue weighted by Gasteiger charge is -2.47. The van der Waals surface area contributed by atoms with Crippen LogP contribution >= 0.6 is 0 Å². The van der Waals surface area contributed by atoms with Gasteiger partial charge in [0.25, 0.3) is 0 Å². The van der Waals surface area contributed by atoms with Gasteiger partial charge < -0.3 is 33.9 Å². The van der Waals surface area contributed by atoms with Crippen molar-refractivity contribution in [1.29, 1.82) is 0 Å². The van der Waals surface area contributed by atoms with Gasteiger partial charge in [-0.25, -0.2) is 0 Å². The largest absolute Gasteiger partial charge is 0.463 e. The monoisotopic (exact) mass is 639 g/mol. The Morgan fingerprint density at radius 3 is 2.27 bits per heavy atom. The number of likely N-dealkylation sites (N-methyl/N-ethyl adjacent to an activating group) is 2. The average Bonchev–Trinajstić information content (AvgIpc) is 2.96. The van der Waals surface area contributed by atoms with Crippen LogP contribution in [0.25, 0.3) is 0 Å². The topological polar surface area (TPSA) is 101 Å². The van der Waals surface area contributed by atoms with E-state index in [9.17, 15) is 14.7 Å². The second-order valence-electron chi connectivity index (χ2n) is 15.9. The Kier molecular flexibility index (Phi) is 13.5. The molecule has 0 aliphatic carbocycles. The summed E-state index contributed by atoms with van der Waals surface area (Å²) in [6.07, 6.45) is 0.570. The van der Waals surface area contributed by atoms with Crippen LogP contribution in [0.3, 0.4) is 0 Å². The van der Waals surface area contributed by atoms with Crippen molar-refractivity contribution < 1.29 is 33.6 Å². The molecule has 0 saturated carbocycles. The fraction of sp³-hybridized carbons (Fsp3) is 0.943. The number of aliphatic hydroxyl groups is 1. The summed E-state index contributed by atoms with van der Waals surface area (Å²) in [6.45, 7) is 20.0. The normalized spacial score (nSPS) is 38.9. The minimum Gasteiger partial charge on any atom is -0.463 e. The lowest BCUT2D eigenvalue weighted by atomic mass is 9.74. The van der Waals surface area contributed by atoms with Gasteiger partial charge in [-0.1, -0.05) is 27.7 Å². The Labute approximate surface area is 273 Å². The summed E-state index contributed by atoms with van der Waals surface area (Å²) in [5.74, 6) is -0.338. The third kappa shape index (κ3) is 9.27. The molecule has 3 aliphatic rings. The summed E-state index contributed by atoms with van der Waals surface area (Å²) < 4.78 is 25.1. The molecule has 3 heterocycles. The van der Waals surface area contributed by atoms with Crippen molar-refractivity contribution in [3.8, 4) is 0 Å². The van der Waals surface area contributed by atoms with E-state index in [2.05, 4.69) is 37.6 Å². The standard InChI is InChI=1S/C35H65N3O7/c1-22(2)19-38-15-13-26(14-16-38)28-21-43-33(41)34(6,7)30(40)25(5)31(35(8,42-12)18-23(3)20-37(28)11)45-32-29(39)27(36(9)10)17-24(4)44-32/h22-29,31-32,39H,13-21H2,1-12H3/t23-,24-,25+,27+,28+,29-,31-,32+,35-/m1/s1. The van der Waals surface area contributed by atoms with E-state index >= 15 is 0 Å². The lowest BCUT2D eigenvalue weighted by Crippen LogP contribution is -2.59. The van der Waals surface area contributed by atoms with Gasteiger partial charge in [0.1, 0.15) is 18.1 Å². The van der Waals surface area contributed by atoms with E-state index < -0.39 is 41.4 Å². The maximum absolute atomic E-state index is 14.2. The molecule has 0 bridgehead atoms. The Morgan fingerprint density at radius 1 is 1.09 bits per heavy atom. The molecule has 0 spiro atoms. The van der Waals surface area contributed by atoms with Crippen molar-refractivity contribution in [2.24, 2.45) is 29.1 Å². The molecule has 0 aromatic heterocycles. The molecule has 0 unspecified atom stereocenters. The van der Waals surface area contributed by atoms with Gasteiger partial charge in [0, 0.05) is 38.2 Å². The first-order chi connectivity index (χ1) is 20.9. The van der Waals surface area contributed by atoms with Crippen LogP contribution in [-0.4, -0.2) is 135 Å². The first-order valence-electron chi connectivity index (χ1n) is 17.3. The molecular weight excluding hydrogens is 574 g/mol. The molecule has 3 saturated heterocycles. The van der Waals surface area contributed by atoms with Crippen molar-refractivity contribution in [3.63, 3.8) is 0 Å². The summed E-state index contributed by atoms with van der Waals surface area (Å²) in [4.78, 5) is 34.8. The Balaban J connectivity index is 1.94. The smallest absolute Gasteiger partial charge is 0.319 e. The number of piperidine rings is 1. The fourth-order valence-electron chi connectivity index (χ4n) is 8.10. The van der Waals surface area contributed by atoms with E-state index in [1.54, 1.807) is 27.9 Å². The number of nitrogens with zero attached hydrogens (tertiary/aromatic N) is 3. The van der Waals surface area contributed by atoms with Crippen molar-refractivity contribution in [2.75, 3.05) is 61.0 Å². The first kappa shape index (κ1) is 38.3. The average molecular weight is 640 g/mol. The number of esters is 1. The molecule has 0 amide bonds. The summed E-state index contributed by atoms with van der Waals surface area (Å²) >= 11 is 0. The van der Waals surface area contributed by atoms with Crippen molar-refractivity contribution in [3.05, 3.63) is 0 Å². The predicted octanol–water partition coefficient (Wildman–Crippen LogP) is 3.69. The number of carbonyl (C=O) groups is 2. The molecule has 0 aromatic rings. The van der Waals surface area contributed by atoms with Crippen LogP contribution in [0.5, 0.6) is 0 Å². The van der Waals surface area contributed by atoms with E-state index in [0.29, 0.717) is 24.7 Å². The highest BCUT2D eigenvalue weighted by Gasteiger charge is 2.51. The van der Waals surface area contributed by atoms with Crippen LogP contribution in [0, 0.1) is 29.1 Å². The highest BCUT2D eigenvalue weighted by atomic mass is 16.7. The van der Waals surface area contributed by atoms with Gasteiger partial charge in [-0.05, 0) is 105 Å². The van der Waals surface area contributed by atoms with Gasteiger partial charge in [-0.3, -0.25) is 14.5 Å². The summed E-state index contributed by atoms with van der Waals surface area (Å²) in [5, 5.41) is 11.3. The van der Waals surface area contributed by atoms with E-state index in [1.807, 2.05) is 32.8 Å². The van der Waals surface area contributed by atoms with E-state index in [1.165, 1.54) is 0 Å². The number of ketones is 1. The molecule has 10 nitrogen and oxygen atoms in total. The quantitative estimate of drug-likeness (QED) is 0.328. The highest BCUT2D eigenvalue weighted by Crippen LogP contribution is 2.38.